The van der Waals surface area contributed by atoms with Crippen molar-refractivity contribution in [3.63, 3.8) is 0 Å². The summed E-state index contributed by atoms with van der Waals surface area (Å²) in [4.78, 5) is 24.3. The van der Waals surface area contributed by atoms with Crippen LogP contribution in [0.25, 0.3) is 0 Å². The predicted octanol–water partition coefficient (Wildman–Crippen LogP) is 1.30. The molecule has 2 atom stereocenters. The number of amides is 2. The molecular formula is C10H18N2O3S2. The van der Waals surface area contributed by atoms with E-state index in [1.54, 1.807) is 11.8 Å². The van der Waals surface area contributed by atoms with Crippen LogP contribution >= 0.6 is 23.5 Å². The van der Waals surface area contributed by atoms with Crippen molar-refractivity contribution < 1.29 is 14.7 Å². The summed E-state index contributed by atoms with van der Waals surface area (Å²) in [7, 11) is 0. The van der Waals surface area contributed by atoms with E-state index in [-0.39, 0.29) is 12.1 Å². The fourth-order valence-corrected chi connectivity index (χ4v) is 3.43. The van der Waals surface area contributed by atoms with Gasteiger partial charge in [-0.15, -0.1) is 11.8 Å². The van der Waals surface area contributed by atoms with E-state index in [0.717, 1.165) is 12.2 Å². The molecular weight excluding hydrogens is 260 g/mol. The first-order chi connectivity index (χ1) is 8.10. The minimum absolute atomic E-state index is 0.109. The monoisotopic (exact) mass is 278 g/mol. The van der Waals surface area contributed by atoms with E-state index in [1.165, 1.54) is 16.7 Å². The molecule has 1 fully saturated rings. The Balaban J connectivity index is 2.54. The third-order valence-electron chi connectivity index (χ3n) is 2.62. The number of nitrogens with zero attached hydrogens (tertiary/aromatic N) is 1. The molecule has 2 unspecified atom stereocenters. The van der Waals surface area contributed by atoms with Crippen LogP contribution in [0.2, 0.25) is 0 Å². The zero-order valence-corrected chi connectivity index (χ0v) is 11.6. The molecule has 7 heteroatoms. The van der Waals surface area contributed by atoms with Gasteiger partial charge < -0.3 is 15.3 Å². The van der Waals surface area contributed by atoms with Gasteiger partial charge in [0.05, 0.1) is 5.88 Å². The van der Waals surface area contributed by atoms with E-state index in [0.29, 0.717) is 11.6 Å². The summed E-state index contributed by atoms with van der Waals surface area (Å²) in [6.07, 6.45) is 2.84. The first-order valence-corrected chi connectivity index (χ1v) is 8.01. The third-order valence-corrected chi connectivity index (χ3v) is 4.36. The quantitative estimate of drug-likeness (QED) is 0.793. The summed E-state index contributed by atoms with van der Waals surface area (Å²) < 4.78 is 0. The molecule has 1 aliphatic heterocycles. The average molecular weight is 278 g/mol. The molecule has 5 nitrogen and oxygen atoms in total. The lowest BCUT2D eigenvalue weighted by Gasteiger charge is -2.24. The Hall–Kier alpha value is -0.560. The van der Waals surface area contributed by atoms with Crippen molar-refractivity contribution in [2.75, 3.05) is 23.6 Å². The van der Waals surface area contributed by atoms with E-state index >= 15 is 0 Å². The topological polar surface area (TPSA) is 69.6 Å². The van der Waals surface area contributed by atoms with Gasteiger partial charge in [-0.3, -0.25) is 0 Å². The van der Waals surface area contributed by atoms with Gasteiger partial charge in [-0.1, -0.05) is 6.92 Å². The number of nitrogens with one attached hydrogen (secondary N) is 1. The highest BCUT2D eigenvalue weighted by atomic mass is 32.2. The van der Waals surface area contributed by atoms with Gasteiger partial charge in [0.15, 0.2) is 0 Å². The summed E-state index contributed by atoms with van der Waals surface area (Å²) in [5.74, 6) is 0.852. The van der Waals surface area contributed by atoms with Crippen molar-refractivity contribution in [3.05, 3.63) is 0 Å². The zero-order chi connectivity index (χ0) is 12.8. The second kappa shape index (κ2) is 7.00. The third kappa shape index (κ3) is 3.99. The van der Waals surface area contributed by atoms with Crippen molar-refractivity contribution in [2.45, 2.75) is 25.4 Å². The summed E-state index contributed by atoms with van der Waals surface area (Å²) in [5.41, 5.74) is 0. The maximum Gasteiger partial charge on any atom is 0.327 e. The van der Waals surface area contributed by atoms with Crippen LogP contribution < -0.4 is 5.32 Å². The van der Waals surface area contributed by atoms with E-state index in [9.17, 15) is 9.59 Å². The number of carbonyl (C=O) groups excluding carboxylic acids is 1. The first kappa shape index (κ1) is 14.5. The van der Waals surface area contributed by atoms with Crippen LogP contribution in [0.4, 0.5) is 4.79 Å². The number of aliphatic carboxylic acids is 1. The van der Waals surface area contributed by atoms with Gasteiger partial charge >= 0.3 is 12.0 Å². The fraction of sp³-hybridized carbons (Fsp3) is 0.800. The van der Waals surface area contributed by atoms with Crippen molar-refractivity contribution in [3.8, 4) is 0 Å². The lowest BCUT2D eigenvalue weighted by atomic mass is 10.2. The highest BCUT2D eigenvalue weighted by molar-refractivity contribution is 7.99. The zero-order valence-electron chi connectivity index (χ0n) is 10.0. The number of hydrogen-bond donors (Lipinski definition) is 2. The highest BCUT2D eigenvalue weighted by Gasteiger charge is 2.35. The molecule has 98 valence electrons. The lowest BCUT2D eigenvalue weighted by Crippen LogP contribution is -2.50. The van der Waals surface area contributed by atoms with Gasteiger partial charge in [-0.05, 0) is 12.7 Å². The van der Waals surface area contributed by atoms with E-state index in [2.05, 4.69) is 5.32 Å². The number of thioether (sulfide) groups is 2. The fourth-order valence-electron chi connectivity index (χ4n) is 1.57. The molecule has 2 amide bonds. The number of carbonyl (C=O) groups is 2. The number of hydrogen-bond acceptors (Lipinski definition) is 4. The van der Waals surface area contributed by atoms with Crippen LogP contribution in [-0.4, -0.2) is 57.7 Å². The first-order valence-electron chi connectivity index (χ1n) is 5.46. The Kier molecular flexibility index (Phi) is 5.97. The van der Waals surface area contributed by atoms with Gasteiger partial charge in [0.1, 0.15) is 6.04 Å². The highest BCUT2D eigenvalue weighted by Crippen LogP contribution is 2.21. The Labute approximate surface area is 110 Å². The van der Waals surface area contributed by atoms with Crippen molar-refractivity contribution in [1.29, 1.82) is 0 Å². The van der Waals surface area contributed by atoms with Gasteiger partial charge in [-0.2, -0.15) is 11.8 Å². The Morgan fingerprint density at radius 2 is 2.35 bits per heavy atom. The average Bonchev–Trinajstić information content (AvgIpc) is 2.77. The summed E-state index contributed by atoms with van der Waals surface area (Å²) in [6.45, 7) is 2.01. The van der Waals surface area contributed by atoms with Crippen LogP contribution in [-0.2, 0) is 4.79 Å². The van der Waals surface area contributed by atoms with Crippen LogP contribution in [0.3, 0.4) is 0 Å². The molecule has 0 aromatic rings. The molecule has 1 rings (SSSR count). The van der Waals surface area contributed by atoms with E-state index < -0.39 is 12.0 Å². The summed E-state index contributed by atoms with van der Waals surface area (Å²) in [5, 5.41) is 11.9. The van der Waals surface area contributed by atoms with Crippen LogP contribution in [0, 0.1) is 0 Å². The summed E-state index contributed by atoms with van der Waals surface area (Å²) in [6, 6.07) is -0.840. The van der Waals surface area contributed by atoms with Crippen molar-refractivity contribution in [2.24, 2.45) is 0 Å². The van der Waals surface area contributed by atoms with Gasteiger partial charge in [-0.25, -0.2) is 9.59 Å². The Bertz CT molecular complexity index is 289. The number of carboxylic acid groups (broad SMARTS) is 1. The molecule has 0 radical (unpaired) electrons. The molecule has 0 saturated carbocycles. The van der Waals surface area contributed by atoms with Crippen LogP contribution in [0.5, 0.6) is 0 Å². The van der Waals surface area contributed by atoms with Crippen LogP contribution in [0.1, 0.15) is 13.3 Å². The number of carboxylic acids is 1. The Morgan fingerprint density at radius 1 is 1.65 bits per heavy atom. The molecule has 0 aromatic heterocycles. The molecule has 0 aromatic carbocycles. The molecule has 1 aliphatic rings. The normalized spacial score (nSPS) is 21.3. The van der Waals surface area contributed by atoms with Crippen molar-refractivity contribution in [1.82, 2.24) is 10.2 Å². The number of urea groups is 1. The SMILES string of the molecule is CCC(CSC)NC(=O)N1CSCC1C(=O)O. The molecule has 0 spiro atoms. The smallest absolute Gasteiger partial charge is 0.327 e. The standard InChI is InChI=1S/C10H18N2O3S2/c1-3-7(4-16-2)11-10(15)12-6-17-5-8(12)9(13)14/h7-8H,3-6H2,1-2H3,(H,11,15)(H,13,14). The molecule has 0 bridgehead atoms. The molecule has 17 heavy (non-hydrogen) atoms. The molecule has 1 saturated heterocycles. The van der Waals surface area contributed by atoms with Gasteiger partial charge in [0.25, 0.3) is 0 Å². The minimum Gasteiger partial charge on any atom is -0.480 e. The lowest BCUT2D eigenvalue weighted by molar-refractivity contribution is -0.140. The Morgan fingerprint density at radius 3 is 2.88 bits per heavy atom. The summed E-state index contributed by atoms with van der Waals surface area (Å²) >= 11 is 3.15. The second-order valence-corrected chi connectivity index (χ2v) is 5.74. The van der Waals surface area contributed by atoms with Crippen molar-refractivity contribution >= 4 is 35.5 Å². The predicted molar refractivity (Wildman–Crippen MR) is 71.6 cm³/mol. The maximum atomic E-state index is 11.9. The van der Waals surface area contributed by atoms with E-state index in [1.807, 2.05) is 13.2 Å². The largest absolute Gasteiger partial charge is 0.480 e. The molecule has 1 heterocycles. The number of rotatable bonds is 5. The second-order valence-electron chi connectivity index (χ2n) is 3.83. The molecule has 0 aliphatic carbocycles. The molecule has 2 N–H and O–H groups in total. The van der Waals surface area contributed by atoms with Crippen LogP contribution in [0.15, 0.2) is 0 Å². The van der Waals surface area contributed by atoms with E-state index in [4.69, 9.17) is 5.11 Å². The van der Waals surface area contributed by atoms with Gasteiger partial charge in [0.2, 0.25) is 0 Å². The minimum atomic E-state index is -0.928. The van der Waals surface area contributed by atoms with Gasteiger partial charge in [0, 0.05) is 17.5 Å². The maximum absolute atomic E-state index is 11.9.